The van der Waals surface area contributed by atoms with Crippen LogP contribution in [-0.4, -0.2) is 27.5 Å². The quantitative estimate of drug-likeness (QED) is 0.798. The van der Waals surface area contributed by atoms with Gasteiger partial charge < -0.3 is 9.47 Å². The molecule has 1 aromatic rings. The summed E-state index contributed by atoms with van der Waals surface area (Å²) in [6.07, 6.45) is 8.15. The zero-order valence-corrected chi connectivity index (χ0v) is 13.3. The van der Waals surface area contributed by atoms with Crippen molar-refractivity contribution in [1.82, 2.24) is 9.55 Å². The first kappa shape index (κ1) is 14.6. The van der Waals surface area contributed by atoms with Gasteiger partial charge in [0.15, 0.2) is 5.82 Å². The molecule has 0 spiro atoms. The number of nitrogens with zero attached hydrogens (tertiary/aromatic N) is 3. The number of hydrogen-bond acceptors (Lipinski definition) is 3. The number of anilines is 1. The standard InChI is InChI=1S/C14H22BrN3O/c1-11(2)17-10-8-16-13(14(17)19)18-9-4-3-5-12(18)6-7-15/h8,10-12H,3-7,9H2,1-2H3. The molecule has 0 amide bonds. The van der Waals surface area contributed by atoms with E-state index >= 15 is 0 Å². The van der Waals surface area contributed by atoms with Crippen molar-refractivity contribution in [2.75, 3.05) is 16.8 Å². The Balaban J connectivity index is 2.34. The molecule has 2 heterocycles. The predicted octanol–water partition coefficient (Wildman–Crippen LogP) is 2.97. The van der Waals surface area contributed by atoms with Crippen molar-refractivity contribution < 1.29 is 0 Å². The lowest BCUT2D eigenvalue weighted by atomic mass is 10.0. The van der Waals surface area contributed by atoms with Crippen LogP contribution < -0.4 is 10.5 Å². The van der Waals surface area contributed by atoms with Crippen molar-refractivity contribution >= 4 is 21.7 Å². The van der Waals surface area contributed by atoms with Gasteiger partial charge in [-0.3, -0.25) is 4.79 Å². The maximum absolute atomic E-state index is 12.5. The van der Waals surface area contributed by atoms with Gasteiger partial charge in [-0.25, -0.2) is 4.98 Å². The van der Waals surface area contributed by atoms with E-state index in [9.17, 15) is 4.79 Å². The third-order valence-electron chi connectivity index (χ3n) is 3.75. The molecule has 19 heavy (non-hydrogen) atoms. The van der Waals surface area contributed by atoms with Gasteiger partial charge >= 0.3 is 0 Å². The lowest BCUT2D eigenvalue weighted by Crippen LogP contribution is -2.44. The van der Waals surface area contributed by atoms with Gasteiger partial charge in [-0.05, 0) is 39.5 Å². The van der Waals surface area contributed by atoms with Gasteiger partial charge in [0.05, 0.1) is 0 Å². The molecule has 1 aliphatic rings. The summed E-state index contributed by atoms with van der Waals surface area (Å²) >= 11 is 3.51. The third-order valence-corrected chi connectivity index (χ3v) is 4.21. The second-order valence-electron chi connectivity index (χ2n) is 5.38. The molecule has 0 radical (unpaired) electrons. The highest BCUT2D eigenvalue weighted by atomic mass is 79.9. The fourth-order valence-electron chi connectivity index (χ4n) is 2.72. The van der Waals surface area contributed by atoms with E-state index in [0.29, 0.717) is 11.9 Å². The van der Waals surface area contributed by atoms with E-state index in [0.717, 1.165) is 31.1 Å². The molecule has 1 saturated heterocycles. The minimum Gasteiger partial charge on any atom is -0.349 e. The highest BCUT2D eigenvalue weighted by molar-refractivity contribution is 9.09. The summed E-state index contributed by atoms with van der Waals surface area (Å²) in [6.45, 7) is 5.00. The zero-order valence-electron chi connectivity index (χ0n) is 11.7. The molecule has 0 bridgehead atoms. The lowest BCUT2D eigenvalue weighted by molar-refractivity contribution is 0.445. The molecule has 0 aliphatic carbocycles. The molecular formula is C14H22BrN3O. The van der Waals surface area contributed by atoms with Crippen LogP contribution in [0, 0.1) is 0 Å². The van der Waals surface area contributed by atoms with Crippen LogP contribution in [0.5, 0.6) is 0 Å². The number of aromatic nitrogens is 2. The first-order valence-corrected chi connectivity index (χ1v) is 8.17. The summed E-state index contributed by atoms with van der Waals surface area (Å²) in [7, 11) is 0. The summed E-state index contributed by atoms with van der Waals surface area (Å²) in [5.41, 5.74) is 0.0407. The molecule has 5 heteroatoms. The maximum atomic E-state index is 12.5. The fourth-order valence-corrected chi connectivity index (χ4v) is 3.25. The van der Waals surface area contributed by atoms with Gasteiger partial charge in [0, 0.05) is 36.4 Å². The Labute approximate surface area is 123 Å². The molecule has 4 nitrogen and oxygen atoms in total. The van der Waals surface area contributed by atoms with Gasteiger partial charge in [0.1, 0.15) is 0 Å². The first-order chi connectivity index (χ1) is 9.15. The van der Waals surface area contributed by atoms with Crippen LogP contribution in [0.1, 0.15) is 45.6 Å². The molecule has 1 fully saturated rings. The lowest BCUT2D eigenvalue weighted by Gasteiger charge is -2.36. The van der Waals surface area contributed by atoms with Crippen molar-refractivity contribution in [3.63, 3.8) is 0 Å². The fraction of sp³-hybridized carbons (Fsp3) is 0.714. The number of rotatable bonds is 4. The minimum atomic E-state index is 0.0407. The highest BCUT2D eigenvalue weighted by Crippen LogP contribution is 2.23. The van der Waals surface area contributed by atoms with Crippen LogP contribution in [-0.2, 0) is 0 Å². The number of alkyl halides is 1. The van der Waals surface area contributed by atoms with Crippen molar-refractivity contribution in [1.29, 1.82) is 0 Å². The average Bonchev–Trinajstić information content (AvgIpc) is 2.40. The van der Waals surface area contributed by atoms with E-state index in [1.54, 1.807) is 17.0 Å². The van der Waals surface area contributed by atoms with Crippen LogP contribution in [0.3, 0.4) is 0 Å². The molecule has 0 N–H and O–H groups in total. The second-order valence-corrected chi connectivity index (χ2v) is 6.17. The molecule has 1 atom stereocenters. The third kappa shape index (κ3) is 3.19. The summed E-state index contributed by atoms with van der Waals surface area (Å²) in [5, 5.41) is 0.972. The van der Waals surface area contributed by atoms with Crippen LogP contribution >= 0.6 is 15.9 Å². The summed E-state index contributed by atoms with van der Waals surface area (Å²) in [5.74, 6) is 0.627. The van der Waals surface area contributed by atoms with Crippen LogP contribution in [0.15, 0.2) is 17.2 Å². The maximum Gasteiger partial charge on any atom is 0.293 e. The predicted molar refractivity (Wildman–Crippen MR) is 82.3 cm³/mol. The highest BCUT2D eigenvalue weighted by Gasteiger charge is 2.25. The number of piperidine rings is 1. The van der Waals surface area contributed by atoms with E-state index in [1.807, 2.05) is 13.8 Å². The Bertz CT molecular complexity index is 470. The average molecular weight is 328 g/mol. The first-order valence-electron chi connectivity index (χ1n) is 7.05. The molecule has 0 aromatic carbocycles. The van der Waals surface area contributed by atoms with Crippen molar-refractivity contribution in [3.8, 4) is 0 Å². The Hall–Kier alpha value is -0.840. The van der Waals surface area contributed by atoms with Crippen LogP contribution in [0.25, 0.3) is 0 Å². The molecule has 2 rings (SSSR count). The zero-order chi connectivity index (χ0) is 13.8. The Kier molecular flexibility index (Phi) is 5.02. The van der Waals surface area contributed by atoms with Gasteiger partial charge in [0.25, 0.3) is 5.56 Å². The van der Waals surface area contributed by atoms with Gasteiger partial charge in [-0.15, -0.1) is 0 Å². The smallest absolute Gasteiger partial charge is 0.293 e. The normalized spacial score (nSPS) is 20.0. The molecule has 1 unspecified atom stereocenters. The minimum absolute atomic E-state index is 0.0407. The molecule has 0 saturated carbocycles. The van der Waals surface area contributed by atoms with E-state index in [4.69, 9.17) is 0 Å². The monoisotopic (exact) mass is 327 g/mol. The Morgan fingerprint density at radius 3 is 2.95 bits per heavy atom. The molecule has 1 aliphatic heterocycles. The SMILES string of the molecule is CC(C)n1ccnc(N2CCCCC2CCBr)c1=O. The summed E-state index contributed by atoms with van der Waals surface area (Å²) in [6, 6.07) is 0.616. The summed E-state index contributed by atoms with van der Waals surface area (Å²) in [4.78, 5) is 19.1. The van der Waals surface area contributed by atoms with Gasteiger partial charge in [-0.1, -0.05) is 15.9 Å². The van der Waals surface area contributed by atoms with Crippen LogP contribution in [0.4, 0.5) is 5.82 Å². The van der Waals surface area contributed by atoms with E-state index in [2.05, 4.69) is 25.8 Å². The largest absolute Gasteiger partial charge is 0.349 e. The van der Waals surface area contributed by atoms with Crippen molar-refractivity contribution in [3.05, 3.63) is 22.7 Å². The van der Waals surface area contributed by atoms with E-state index < -0.39 is 0 Å². The van der Waals surface area contributed by atoms with Crippen molar-refractivity contribution in [2.24, 2.45) is 0 Å². The van der Waals surface area contributed by atoms with Crippen molar-refractivity contribution in [2.45, 2.75) is 51.6 Å². The second kappa shape index (κ2) is 6.55. The van der Waals surface area contributed by atoms with E-state index in [-0.39, 0.29) is 11.6 Å². The topological polar surface area (TPSA) is 38.1 Å². The van der Waals surface area contributed by atoms with Gasteiger partial charge in [-0.2, -0.15) is 0 Å². The Morgan fingerprint density at radius 1 is 1.47 bits per heavy atom. The number of hydrogen-bond donors (Lipinski definition) is 0. The molecular weight excluding hydrogens is 306 g/mol. The summed E-state index contributed by atoms with van der Waals surface area (Å²) < 4.78 is 1.77. The van der Waals surface area contributed by atoms with E-state index in [1.165, 1.54) is 6.42 Å². The van der Waals surface area contributed by atoms with Crippen LogP contribution in [0.2, 0.25) is 0 Å². The molecule has 106 valence electrons. The molecule has 1 aromatic heterocycles. The number of halogens is 1. The van der Waals surface area contributed by atoms with Gasteiger partial charge in [0.2, 0.25) is 0 Å². The Morgan fingerprint density at radius 2 is 2.26 bits per heavy atom.